The summed E-state index contributed by atoms with van der Waals surface area (Å²) in [7, 11) is 0. The van der Waals surface area contributed by atoms with Crippen LogP contribution in [0.1, 0.15) is 22.8 Å². The number of aromatic hydroxyl groups is 1. The summed E-state index contributed by atoms with van der Waals surface area (Å²) >= 11 is 0. The van der Waals surface area contributed by atoms with Crippen LogP contribution in [0.15, 0.2) is 12.1 Å². The average molecular weight is 197 g/mol. The summed E-state index contributed by atoms with van der Waals surface area (Å²) < 4.78 is 13.4. The van der Waals surface area contributed by atoms with Crippen LogP contribution in [0.25, 0.3) is 0 Å². The topological polar surface area (TPSA) is 63.3 Å². The van der Waals surface area contributed by atoms with Gasteiger partial charge in [0.25, 0.3) is 0 Å². The number of benzene rings is 1. The van der Waals surface area contributed by atoms with E-state index < -0.39 is 17.6 Å². The third kappa shape index (κ3) is 1.75. The minimum Gasteiger partial charge on any atom is -0.507 e. The van der Waals surface area contributed by atoms with Crippen molar-refractivity contribution in [2.45, 2.75) is 19.9 Å². The lowest BCUT2D eigenvalue weighted by molar-refractivity contribution is 0.0961. The molecule has 0 aliphatic heterocycles. The Bertz CT molecular complexity index is 375. The van der Waals surface area contributed by atoms with E-state index in [9.17, 15) is 14.3 Å². The number of hydrogen-bond acceptors (Lipinski definition) is 3. The van der Waals surface area contributed by atoms with Crippen molar-refractivity contribution in [3.05, 3.63) is 29.1 Å². The number of aryl methyl sites for hydroxylation is 1. The van der Waals surface area contributed by atoms with E-state index in [4.69, 9.17) is 5.73 Å². The summed E-state index contributed by atoms with van der Waals surface area (Å²) in [5.41, 5.74) is 5.32. The van der Waals surface area contributed by atoms with Crippen molar-refractivity contribution >= 4 is 5.78 Å². The first-order valence-electron chi connectivity index (χ1n) is 4.23. The van der Waals surface area contributed by atoms with E-state index in [2.05, 4.69) is 0 Å². The summed E-state index contributed by atoms with van der Waals surface area (Å²) in [6, 6.07) is 1.87. The van der Waals surface area contributed by atoms with Gasteiger partial charge in [0, 0.05) is 0 Å². The summed E-state index contributed by atoms with van der Waals surface area (Å²) in [5.74, 6) is -1.66. The van der Waals surface area contributed by atoms with E-state index in [1.807, 2.05) is 0 Å². The van der Waals surface area contributed by atoms with Crippen LogP contribution in [-0.2, 0) is 0 Å². The number of carbonyl (C=O) groups is 1. The number of halogens is 1. The van der Waals surface area contributed by atoms with Crippen LogP contribution in [0.3, 0.4) is 0 Å². The molecule has 0 aromatic heterocycles. The molecular formula is C10H12FNO2. The molecule has 1 atom stereocenters. The zero-order valence-corrected chi connectivity index (χ0v) is 8.04. The molecule has 4 heteroatoms. The van der Waals surface area contributed by atoms with Gasteiger partial charge in [-0.2, -0.15) is 0 Å². The van der Waals surface area contributed by atoms with Crippen molar-refractivity contribution in [1.82, 2.24) is 0 Å². The number of phenolic OH excluding ortho intramolecular Hbond substituents is 1. The number of hydrogen-bond donors (Lipinski definition) is 2. The van der Waals surface area contributed by atoms with Gasteiger partial charge in [0.15, 0.2) is 5.78 Å². The van der Waals surface area contributed by atoms with Crippen LogP contribution in [0.5, 0.6) is 5.75 Å². The molecule has 0 aliphatic carbocycles. The quantitative estimate of drug-likeness (QED) is 0.704. The van der Waals surface area contributed by atoms with E-state index in [-0.39, 0.29) is 11.3 Å². The Hall–Kier alpha value is -1.42. The first-order chi connectivity index (χ1) is 6.45. The van der Waals surface area contributed by atoms with Crippen LogP contribution in [0.4, 0.5) is 4.39 Å². The van der Waals surface area contributed by atoms with Gasteiger partial charge in [-0.3, -0.25) is 4.79 Å². The molecule has 0 spiro atoms. The molecule has 0 heterocycles. The van der Waals surface area contributed by atoms with Crippen LogP contribution in [-0.4, -0.2) is 16.9 Å². The zero-order valence-electron chi connectivity index (χ0n) is 8.04. The molecule has 1 aromatic rings. The van der Waals surface area contributed by atoms with Crippen molar-refractivity contribution < 1.29 is 14.3 Å². The molecule has 0 saturated heterocycles. The number of ketones is 1. The van der Waals surface area contributed by atoms with E-state index in [0.717, 1.165) is 0 Å². The second-order valence-corrected chi connectivity index (χ2v) is 3.24. The van der Waals surface area contributed by atoms with Gasteiger partial charge in [0.2, 0.25) is 0 Å². The second-order valence-electron chi connectivity index (χ2n) is 3.24. The highest BCUT2D eigenvalue weighted by atomic mass is 19.1. The normalized spacial score (nSPS) is 12.6. The molecule has 0 amide bonds. The van der Waals surface area contributed by atoms with E-state index >= 15 is 0 Å². The maximum Gasteiger partial charge on any atom is 0.185 e. The van der Waals surface area contributed by atoms with E-state index in [1.165, 1.54) is 26.0 Å². The fourth-order valence-electron chi connectivity index (χ4n) is 1.13. The first kappa shape index (κ1) is 10.7. The zero-order chi connectivity index (χ0) is 10.9. The number of rotatable bonds is 2. The molecule has 0 fully saturated rings. The summed E-state index contributed by atoms with van der Waals surface area (Å²) in [4.78, 5) is 11.4. The Morgan fingerprint density at radius 3 is 2.64 bits per heavy atom. The summed E-state index contributed by atoms with van der Waals surface area (Å²) in [6.07, 6.45) is 0. The number of Topliss-reactive ketones (excluding diaryl/α,β-unsaturated/α-hetero) is 1. The molecule has 1 aromatic carbocycles. The highest BCUT2D eigenvalue weighted by molar-refractivity contribution is 6.02. The van der Waals surface area contributed by atoms with Crippen molar-refractivity contribution in [2.24, 2.45) is 5.73 Å². The fraction of sp³-hybridized carbons (Fsp3) is 0.300. The Morgan fingerprint density at radius 1 is 1.57 bits per heavy atom. The van der Waals surface area contributed by atoms with E-state index in [1.54, 1.807) is 0 Å². The Kier molecular flexibility index (Phi) is 2.86. The Balaban J connectivity index is 3.33. The molecule has 0 bridgehead atoms. The Labute approximate surface area is 81.4 Å². The van der Waals surface area contributed by atoms with Gasteiger partial charge in [0.1, 0.15) is 11.6 Å². The van der Waals surface area contributed by atoms with Gasteiger partial charge in [0.05, 0.1) is 11.6 Å². The predicted molar refractivity (Wildman–Crippen MR) is 50.8 cm³/mol. The highest BCUT2D eigenvalue weighted by Gasteiger charge is 2.20. The summed E-state index contributed by atoms with van der Waals surface area (Å²) in [6.45, 7) is 2.97. The largest absolute Gasteiger partial charge is 0.507 e. The third-order valence-corrected chi connectivity index (χ3v) is 1.97. The van der Waals surface area contributed by atoms with Crippen LogP contribution in [0.2, 0.25) is 0 Å². The van der Waals surface area contributed by atoms with Gasteiger partial charge in [-0.25, -0.2) is 4.39 Å². The fourth-order valence-corrected chi connectivity index (χ4v) is 1.13. The average Bonchev–Trinajstić information content (AvgIpc) is 2.12. The van der Waals surface area contributed by atoms with Gasteiger partial charge in [-0.15, -0.1) is 0 Å². The lowest BCUT2D eigenvalue weighted by atomic mass is 10.0. The van der Waals surface area contributed by atoms with Gasteiger partial charge in [-0.05, 0) is 25.5 Å². The smallest absolute Gasteiger partial charge is 0.185 e. The number of phenols is 1. The van der Waals surface area contributed by atoms with Crippen LogP contribution < -0.4 is 5.73 Å². The van der Waals surface area contributed by atoms with Crippen molar-refractivity contribution in [2.75, 3.05) is 0 Å². The maximum absolute atomic E-state index is 13.4. The minimum absolute atomic E-state index is 0.312. The molecule has 0 aliphatic rings. The summed E-state index contributed by atoms with van der Waals surface area (Å²) in [5, 5.41) is 9.32. The molecule has 14 heavy (non-hydrogen) atoms. The lowest BCUT2D eigenvalue weighted by Crippen LogP contribution is -2.27. The molecule has 1 unspecified atom stereocenters. The Morgan fingerprint density at radius 2 is 2.14 bits per heavy atom. The van der Waals surface area contributed by atoms with Crippen molar-refractivity contribution in [3.63, 3.8) is 0 Å². The van der Waals surface area contributed by atoms with Gasteiger partial charge >= 0.3 is 0 Å². The molecule has 0 radical (unpaired) electrons. The van der Waals surface area contributed by atoms with Gasteiger partial charge < -0.3 is 10.8 Å². The standard InChI is InChI=1S/C10H12FNO2/c1-5-3-4-7(13)8(9(5)11)10(14)6(2)12/h3-4,6,13H,12H2,1-2H3. The van der Waals surface area contributed by atoms with Crippen LogP contribution >= 0.6 is 0 Å². The number of nitrogens with two attached hydrogens (primary N) is 1. The van der Waals surface area contributed by atoms with Crippen molar-refractivity contribution in [1.29, 1.82) is 0 Å². The minimum atomic E-state index is -0.822. The van der Waals surface area contributed by atoms with Crippen molar-refractivity contribution in [3.8, 4) is 5.75 Å². The molecule has 1 rings (SSSR count). The SMILES string of the molecule is Cc1ccc(O)c(C(=O)C(C)N)c1F. The molecule has 3 N–H and O–H groups in total. The molecule has 3 nitrogen and oxygen atoms in total. The molecular weight excluding hydrogens is 185 g/mol. The third-order valence-electron chi connectivity index (χ3n) is 1.97. The molecule has 0 saturated carbocycles. The van der Waals surface area contributed by atoms with E-state index in [0.29, 0.717) is 5.56 Å². The lowest BCUT2D eigenvalue weighted by Gasteiger charge is -2.09. The predicted octanol–water partition coefficient (Wildman–Crippen LogP) is 1.37. The monoisotopic (exact) mass is 197 g/mol. The number of carbonyl (C=O) groups excluding carboxylic acids is 1. The van der Waals surface area contributed by atoms with Crippen LogP contribution in [0, 0.1) is 12.7 Å². The first-order valence-corrected chi connectivity index (χ1v) is 4.23. The van der Waals surface area contributed by atoms with Gasteiger partial charge in [-0.1, -0.05) is 6.07 Å². The highest BCUT2D eigenvalue weighted by Crippen LogP contribution is 2.23. The molecule has 76 valence electrons. The maximum atomic E-state index is 13.4. The second kappa shape index (κ2) is 3.75.